The van der Waals surface area contributed by atoms with Gasteiger partial charge in [-0.05, 0) is 61.1 Å². The number of halogens is 1. The molecule has 146 valence electrons. The molecule has 0 saturated carbocycles. The minimum atomic E-state index is -1.62. The van der Waals surface area contributed by atoms with E-state index in [0.717, 1.165) is 16.7 Å². The SMILES string of the molecule is CC[P+](=O)OCc1ccc([C@H](NS(=O)C(C)(C)C)c2ccc(F)cc2)cc1. The minimum Gasteiger partial charge on any atom is -0.242 e. The molecule has 0 fully saturated rings. The lowest BCUT2D eigenvalue weighted by molar-refractivity contribution is 0.319. The van der Waals surface area contributed by atoms with Crippen molar-refractivity contribution < 1.29 is 17.7 Å². The highest BCUT2D eigenvalue weighted by atomic mass is 32.2. The van der Waals surface area contributed by atoms with Crippen LogP contribution in [0.5, 0.6) is 0 Å². The first-order chi connectivity index (χ1) is 12.7. The minimum absolute atomic E-state index is 0.284. The van der Waals surface area contributed by atoms with Gasteiger partial charge in [0.15, 0.2) is 6.16 Å². The molecule has 2 rings (SSSR count). The summed E-state index contributed by atoms with van der Waals surface area (Å²) in [6.45, 7) is 7.79. The zero-order valence-corrected chi connectivity index (χ0v) is 17.8. The quantitative estimate of drug-likeness (QED) is 0.605. The molecule has 2 aromatic carbocycles. The van der Waals surface area contributed by atoms with Gasteiger partial charge in [-0.15, -0.1) is 4.52 Å². The molecular weight excluding hydrogens is 384 g/mol. The maximum absolute atomic E-state index is 13.3. The molecule has 0 aliphatic carbocycles. The third-order valence-electron chi connectivity index (χ3n) is 3.93. The molecule has 0 aliphatic heterocycles. The highest BCUT2D eigenvalue weighted by Gasteiger charge is 2.25. The van der Waals surface area contributed by atoms with Crippen LogP contribution >= 0.6 is 8.03 Å². The van der Waals surface area contributed by atoms with Crippen molar-refractivity contribution in [2.45, 2.75) is 45.1 Å². The molecule has 0 amide bonds. The van der Waals surface area contributed by atoms with Gasteiger partial charge in [0.2, 0.25) is 0 Å². The predicted molar refractivity (Wildman–Crippen MR) is 109 cm³/mol. The van der Waals surface area contributed by atoms with E-state index in [1.807, 2.05) is 52.0 Å². The molecule has 1 N–H and O–H groups in total. The summed E-state index contributed by atoms with van der Waals surface area (Å²) in [6.07, 6.45) is 0.489. The monoisotopic (exact) mass is 410 g/mol. The highest BCUT2D eigenvalue weighted by Crippen LogP contribution is 2.27. The smallest absolute Gasteiger partial charge is 0.242 e. The first-order valence-corrected chi connectivity index (χ1v) is 11.3. The largest absolute Gasteiger partial charge is 0.508 e. The first kappa shape index (κ1) is 21.8. The highest BCUT2D eigenvalue weighted by molar-refractivity contribution is 7.84. The van der Waals surface area contributed by atoms with Crippen molar-refractivity contribution in [1.82, 2.24) is 4.72 Å². The molecule has 0 aliphatic rings. The second-order valence-corrected chi connectivity index (χ2v) is 10.7. The Balaban J connectivity index is 2.26. The van der Waals surface area contributed by atoms with Crippen molar-refractivity contribution >= 4 is 19.0 Å². The van der Waals surface area contributed by atoms with E-state index in [0.29, 0.717) is 6.16 Å². The van der Waals surface area contributed by atoms with Crippen molar-refractivity contribution in [2.75, 3.05) is 6.16 Å². The molecule has 0 radical (unpaired) electrons. The number of hydrogen-bond donors (Lipinski definition) is 1. The molecule has 2 aromatic rings. The maximum atomic E-state index is 13.3. The lowest BCUT2D eigenvalue weighted by Gasteiger charge is -2.25. The molecule has 3 atom stereocenters. The fourth-order valence-electron chi connectivity index (χ4n) is 2.31. The van der Waals surface area contributed by atoms with Gasteiger partial charge in [0.25, 0.3) is 0 Å². The van der Waals surface area contributed by atoms with Crippen molar-refractivity contribution in [3.05, 3.63) is 71.0 Å². The molecule has 4 nitrogen and oxygen atoms in total. The summed E-state index contributed by atoms with van der Waals surface area (Å²) in [6, 6.07) is 13.5. The fourth-order valence-corrected chi connectivity index (χ4v) is 3.63. The molecule has 2 unspecified atom stereocenters. The zero-order valence-electron chi connectivity index (χ0n) is 16.1. The van der Waals surface area contributed by atoms with Crippen LogP contribution in [0, 0.1) is 5.82 Å². The Bertz CT molecular complexity index is 788. The van der Waals surface area contributed by atoms with Crippen LogP contribution in [0.1, 0.15) is 50.4 Å². The van der Waals surface area contributed by atoms with Gasteiger partial charge in [0.05, 0.1) is 21.8 Å². The number of nitrogens with one attached hydrogen (secondary N) is 1. The van der Waals surface area contributed by atoms with Crippen LogP contribution in [-0.2, 0) is 26.7 Å². The maximum Gasteiger partial charge on any atom is 0.508 e. The Morgan fingerprint density at radius 1 is 1.07 bits per heavy atom. The second kappa shape index (κ2) is 9.65. The van der Waals surface area contributed by atoms with Crippen molar-refractivity contribution in [3.8, 4) is 0 Å². The molecule has 0 bridgehead atoms. The van der Waals surface area contributed by atoms with Crippen molar-refractivity contribution in [2.24, 2.45) is 0 Å². The predicted octanol–water partition coefficient (Wildman–Crippen LogP) is 5.25. The van der Waals surface area contributed by atoms with Crippen LogP contribution in [0.15, 0.2) is 48.5 Å². The Kier molecular flexibility index (Phi) is 7.80. The van der Waals surface area contributed by atoms with Gasteiger partial charge in [0, 0.05) is 0 Å². The van der Waals surface area contributed by atoms with E-state index in [1.54, 1.807) is 12.1 Å². The topological polar surface area (TPSA) is 55.4 Å². The van der Waals surface area contributed by atoms with E-state index in [9.17, 15) is 13.2 Å². The summed E-state index contributed by atoms with van der Waals surface area (Å²) in [5.74, 6) is -0.313. The van der Waals surface area contributed by atoms with Gasteiger partial charge in [-0.1, -0.05) is 36.4 Å². The molecule has 7 heteroatoms. The number of benzene rings is 2. The van der Waals surface area contributed by atoms with Crippen LogP contribution in [-0.4, -0.2) is 15.1 Å². The summed E-state index contributed by atoms with van der Waals surface area (Å²) in [5.41, 5.74) is 2.64. The average Bonchev–Trinajstić information content (AvgIpc) is 2.64. The average molecular weight is 410 g/mol. The van der Waals surface area contributed by atoms with Crippen molar-refractivity contribution in [3.63, 3.8) is 0 Å². The van der Waals surface area contributed by atoms with Crippen LogP contribution in [0.25, 0.3) is 0 Å². The lowest BCUT2D eigenvalue weighted by atomic mass is 9.99. The van der Waals surface area contributed by atoms with E-state index in [2.05, 4.69) is 4.72 Å². The lowest BCUT2D eigenvalue weighted by Crippen LogP contribution is -2.36. The van der Waals surface area contributed by atoms with Gasteiger partial charge in [-0.25, -0.2) is 13.3 Å². The third-order valence-corrected chi connectivity index (χ3v) is 6.43. The van der Waals surface area contributed by atoms with E-state index >= 15 is 0 Å². The van der Waals surface area contributed by atoms with Gasteiger partial charge < -0.3 is 0 Å². The summed E-state index contributed by atoms with van der Waals surface area (Å²) < 4.78 is 45.4. The van der Waals surface area contributed by atoms with E-state index in [1.165, 1.54) is 12.1 Å². The van der Waals surface area contributed by atoms with Crippen molar-refractivity contribution in [1.29, 1.82) is 0 Å². The number of hydrogen-bond acceptors (Lipinski definition) is 3. The molecular formula is C20H26FNO3PS+. The Labute approximate surface area is 164 Å². The van der Waals surface area contributed by atoms with E-state index < -0.39 is 23.8 Å². The molecule has 0 aromatic heterocycles. The van der Waals surface area contributed by atoms with Gasteiger partial charge >= 0.3 is 8.03 Å². The summed E-state index contributed by atoms with van der Waals surface area (Å²) >= 11 is 0. The summed E-state index contributed by atoms with van der Waals surface area (Å²) in [7, 11) is -2.92. The van der Waals surface area contributed by atoms with Crippen LogP contribution < -0.4 is 4.72 Å². The van der Waals surface area contributed by atoms with Gasteiger partial charge in [0.1, 0.15) is 12.4 Å². The van der Waals surface area contributed by atoms with E-state index in [-0.39, 0.29) is 18.5 Å². The van der Waals surface area contributed by atoms with Gasteiger partial charge in [-0.2, -0.15) is 0 Å². The molecule has 0 spiro atoms. The normalized spacial score (nSPS) is 14.6. The Morgan fingerprint density at radius 3 is 2.07 bits per heavy atom. The van der Waals surface area contributed by atoms with Gasteiger partial charge in [-0.3, -0.25) is 0 Å². The Hall–Kier alpha value is -1.46. The van der Waals surface area contributed by atoms with Crippen LogP contribution in [0.3, 0.4) is 0 Å². The second-order valence-electron chi connectivity index (χ2n) is 7.15. The fraction of sp³-hybridized carbons (Fsp3) is 0.400. The molecule has 0 heterocycles. The number of rotatable bonds is 8. The van der Waals surface area contributed by atoms with E-state index in [4.69, 9.17) is 4.52 Å². The molecule has 27 heavy (non-hydrogen) atoms. The zero-order chi connectivity index (χ0) is 20.0. The first-order valence-electron chi connectivity index (χ1n) is 8.80. The summed E-state index contributed by atoms with van der Waals surface area (Å²) in [4.78, 5) is 0. The standard InChI is InChI=1S/C20H26FNO3PS/c1-5-26(23)25-14-15-6-8-16(9-7-15)19(22-27(24)20(2,3)4)17-10-12-18(21)13-11-17/h6-13,19,22H,5,14H2,1-4H3/q+1/t19-,27?/m0/s1. The third kappa shape index (κ3) is 6.58. The van der Waals surface area contributed by atoms with Crippen LogP contribution in [0.4, 0.5) is 4.39 Å². The Morgan fingerprint density at radius 2 is 1.59 bits per heavy atom. The van der Waals surface area contributed by atoms with Crippen LogP contribution in [0.2, 0.25) is 0 Å². The molecule has 0 saturated heterocycles. The summed E-state index contributed by atoms with van der Waals surface area (Å²) in [5, 5.41) is 0.